The number of hydrogen-bond donors (Lipinski definition) is 1. The van der Waals surface area contributed by atoms with Gasteiger partial charge in [-0.15, -0.1) is 6.58 Å². The number of nitrogens with zero attached hydrogens (tertiary/aromatic N) is 2. The molecular formula is C47H52N2O5. The van der Waals surface area contributed by atoms with Gasteiger partial charge in [-0.05, 0) is 74.1 Å². The minimum Gasteiger partial charge on any atom is -0.508 e. The van der Waals surface area contributed by atoms with Crippen LogP contribution in [0.4, 0.5) is 0 Å². The minimum atomic E-state index is -0.457. The van der Waals surface area contributed by atoms with E-state index in [1.807, 2.05) is 24.3 Å². The van der Waals surface area contributed by atoms with Gasteiger partial charge >= 0.3 is 5.97 Å². The summed E-state index contributed by atoms with van der Waals surface area (Å²) >= 11 is 0. The summed E-state index contributed by atoms with van der Waals surface area (Å²) in [6, 6.07) is 33.2. The van der Waals surface area contributed by atoms with Crippen LogP contribution >= 0.6 is 0 Å². The molecule has 280 valence electrons. The zero-order valence-electron chi connectivity index (χ0n) is 31.4. The van der Waals surface area contributed by atoms with Crippen LogP contribution in [0.2, 0.25) is 0 Å². The lowest BCUT2D eigenvalue weighted by atomic mass is 9.50. The Bertz CT molecular complexity index is 1930. The molecule has 8 rings (SSSR count). The van der Waals surface area contributed by atoms with E-state index in [0.717, 1.165) is 69.2 Å². The van der Waals surface area contributed by atoms with Crippen molar-refractivity contribution in [2.24, 2.45) is 5.92 Å². The molecule has 2 bridgehead atoms. The van der Waals surface area contributed by atoms with Gasteiger partial charge in [-0.2, -0.15) is 0 Å². The zero-order valence-corrected chi connectivity index (χ0v) is 31.4. The van der Waals surface area contributed by atoms with Gasteiger partial charge in [-0.25, -0.2) is 0 Å². The first-order valence-electron chi connectivity index (χ1n) is 19.9. The Balaban J connectivity index is 1.17. The normalized spacial score (nSPS) is 23.7. The van der Waals surface area contributed by atoms with Gasteiger partial charge in [0.15, 0.2) is 11.5 Å². The third-order valence-electron chi connectivity index (χ3n) is 12.8. The van der Waals surface area contributed by atoms with Crippen molar-refractivity contribution < 1.29 is 24.2 Å². The maximum atomic E-state index is 14.9. The lowest BCUT2D eigenvalue weighted by molar-refractivity contribution is -0.143. The van der Waals surface area contributed by atoms with Crippen LogP contribution in [-0.2, 0) is 27.8 Å². The van der Waals surface area contributed by atoms with Crippen LogP contribution in [0, 0.1) is 5.92 Å². The minimum absolute atomic E-state index is 0.0295. The van der Waals surface area contributed by atoms with Gasteiger partial charge in [0.25, 0.3) is 0 Å². The molecule has 1 spiro atoms. The maximum absolute atomic E-state index is 14.9. The summed E-state index contributed by atoms with van der Waals surface area (Å²) in [7, 11) is 0. The van der Waals surface area contributed by atoms with Crippen molar-refractivity contribution in [2.45, 2.75) is 94.2 Å². The maximum Gasteiger partial charge on any atom is 0.308 e. The molecule has 4 aromatic rings. The molecule has 1 saturated heterocycles. The van der Waals surface area contributed by atoms with Crippen molar-refractivity contribution in [2.75, 3.05) is 19.6 Å². The number of rotatable bonds is 14. The lowest BCUT2D eigenvalue weighted by Crippen LogP contribution is -2.69. The molecule has 2 aliphatic carbocycles. The van der Waals surface area contributed by atoms with E-state index in [-0.39, 0.29) is 47.4 Å². The fourth-order valence-electron chi connectivity index (χ4n) is 10.6. The number of phenols is 1. The van der Waals surface area contributed by atoms with Crippen molar-refractivity contribution >= 4 is 11.9 Å². The topological polar surface area (TPSA) is 79.3 Å². The first-order valence-corrected chi connectivity index (χ1v) is 19.9. The molecule has 4 aromatic carbocycles. The number of benzene rings is 4. The number of phenolic OH excluding ortho intramolecular Hbond substituents is 1. The highest BCUT2D eigenvalue weighted by molar-refractivity contribution is 5.77. The van der Waals surface area contributed by atoms with Crippen molar-refractivity contribution in [1.82, 2.24) is 9.80 Å². The molecule has 1 N–H and O–H groups in total. The number of unbranched alkanes of at least 4 members (excludes halogenated alkanes) is 2. The molecule has 4 aliphatic rings. The van der Waals surface area contributed by atoms with Gasteiger partial charge < -0.3 is 19.5 Å². The average Bonchev–Trinajstić information content (AvgIpc) is 3.53. The summed E-state index contributed by atoms with van der Waals surface area (Å²) in [6.45, 7) is 7.62. The molecule has 1 saturated carbocycles. The highest BCUT2D eigenvalue weighted by Gasteiger charge is 2.67. The molecule has 2 fully saturated rings. The van der Waals surface area contributed by atoms with Crippen LogP contribution in [0.15, 0.2) is 110 Å². The largest absolute Gasteiger partial charge is 0.508 e. The first-order chi connectivity index (χ1) is 26.4. The van der Waals surface area contributed by atoms with Crippen molar-refractivity contribution in [1.29, 1.82) is 0 Å². The number of aromatic hydroxyl groups is 1. The van der Waals surface area contributed by atoms with Crippen LogP contribution in [0.3, 0.4) is 0 Å². The number of carbonyl (C=O) groups is 2. The second-order valence-electron chi connectivity index (χ2n) is 15.8. The van der Waals surface area contributed by atoms with E-state index in [4.69, 9.17) is 9.47 Å². The standard InChI is InChI=1S/C47H52N2O5/c1-3-27-48-28-26-47-38-24-25-39(46(47)54-45-42(53-32(2)50)30-41(51)36(44(45)47)29-40(38)48)49(43(52)23-15-5-10-18-33-16-8-4-9-17-33)31-37(34-19-11-6-12-20-34)35-21-13-7-14-22-35/h3-4,6-9,11-14,16-17,19-22,30,37-40,46,51H,1,5,10,15,18,23-29,31H2,2H3/t38-,39+,40+,46-,47-/m0/s1. The predicted molar refractivity (Wildman–Crippen MR) is 211 cm³/mol. The molecule has 7 nitrogen and oxygen atoms in total. The van der Waals surface area contributed by atoms with E-state index in [9.17, 15) is 14.7 Å². The number of aryl methyl sites for hydroxylation is 1. The van der Waals surface area contributed by atoms with Gasteiger partial charge in [-0.3, -0.25) is 14.5 Å². The third-order valence-corrected chi connectivity index (χ3v) is 12.8. The monoisotopic (exact) mass is 724 g/mol. The van der Waals surface area contributed by atoms with E-state index >= 15 is 0 Å². The first kappa shape index (κ1) is 36.1. The number of carbonyl (C=O) groups excluding carboxylic acids is 2. The van der Waals surface area contributed by atoms with E-state index in [0.29, 0.717) is 25.1 Å². The summed E-state index contributed by atoms with van der Waals surface area (Å²) in [4.78, 5) is 32.0. The van der Waals surface area contributed by atoms with Crippen LogP contribution in [0.1, 0.15) is 85.6 Å². The van der Waals surface area contributed by atoms with E-state index < -0.39 is 11.4 Å². The Morgan fingerprint density at radius 2 is 1.67 bits per heavy atom. The lowest BCUT2D eigenvalue weighted by Gasteiger charge is -2.60. The summed E-state index contributed by atoms with van der Waals surface area (Å²) in [6.07, 6.45) is 9.22. The Hall–Kier alpha value is -4.88. The number of piperidine rings is 1. The predicted octanol–water partition coefficient (Wildman–Crippen LogP) is 8.38. The molecule has 1 amide bonds. The molecule has 0 unspecified atom stereocenters. The summed E-state index contributed by atoms with van der Waals surface area (Å²) < 4.78 is 12.9. The Morgan fingerprint density at radius 1 is 0.981 bits per heavy atom. The van der Waals surface area contributed by atoms with Gasteiger partial charge in [0.05, 0.1) is 6.04 Å². The van der Waals surface area contributed by atoms with E-state index in [1.165, 1.54) is 23.6 Å². The summed E-state index contributed by atoms with van der Waals surface area (Å²) in [5.74, 6) is 0.936. The number of hydrogen-bond acceptors (Lipinski definition) is 6. The van der Waals surface area contributed by atoms with Crippen molar-refractivity contribution in [3.05, 3.63) is 138 Å². The van der Waals surface area contributed by atoms with Gasteiger partial charge in [-0.1, -0.05) is 103 Å². The van der Waals surface area contributed by atoms with Crippen LogP contribution in [0.5, 0.6) is 17.2 Å². The van der Waals surface area contributed by atoms with E-state index in [2.05, 4.69) is 89.2 Å². The van der Waals surface area contributed by atoms with Gasteiger partial charge in [0.1, 0.15) is 11.9 Å². The molecule has 2 heterocycles. The smallest absolute Gasteiger partial charge is 0.308 e. The second-order valence-corrected chi connectivity index (χ2v) is 15.8. The number of esters is 1. The van der Waals surface area contributed by atoms with Crippen molar-refractivity contribution in [3.63, 3.8) is 0 Å². The van der Waals surface area contributed by atoms with Gasteiger partial charge in [0, 0.05) is 61.0 Å². The number of amides is 1. The fraction of sp³-hybridized carbons (Fsp3) is 0.404. The zero-order chi connectivity index (χ0) is 37.2. The van der Waals surface area contributed by atoms with Crippen LogP contribution in [0.25, 0.3) is 0 Å². The second kappa shape index (κ2) is 15.5. The quantitative estimate of drug-likeness (QED) is 0.0610. The Labute approximate surface area is 319 Å². The molecular weight excluding hydrogens is 673 g/mol. The SMILES string of the molecule is C=CCN1CC[C@]23c4c5c(O)cc(OC(C)=O)c4O[C@H]2[C@H](N(CC(c2ccccc2)c2ccccc2)C(=O)CCCCCc2ccccc2)CC[C@H]3[C@H]1C5. The molecule has 0 aromatic heterocycles. The highest BCUT2D eigenvalue weighted by Crippen LogP contribution is 2.65. The molecule has 7 heteroatoms. The third kappa shape index (κ3) is 6.61. The highest BCUT2D eigenvalue weighted by atomic mass is 16.6. The molecule has 0 radical (unpaired) electrons. The number of likely N-dealkylation sites (tertiary alicyclic amines) is 1. The fourth-order valence-corrected chi connectivity index (χ4v) is 10.6. The number of ether oxygens (including phenoxy) is 2. The van der Waals surface area contributed by atoms with Gasteiger partial charge in [0.2, 0.25) is 5.91 Å². The molecule has 54 heavy (non-hydrogen) atoms. The average molecular weight is 725 g/mol. The van der Waals surface area contributed by atoms with Crippen LogP contribution < -0.4 is 9.47 Å². The summed E-state index contributed by atoms with van der Waals surface area (Å²) in [5, 5.41) is 11.5. The van der Waals surface area contributed by atoms with Crippen molar-refractivity contribution in [3.8, 4) is 17.2 Å². The summed E-state index contributed by atoms with van der Waals surface area (Å²) in [5.41, 5.74) is 5.14. The molecule has 5 atom stereocenters. The Morgan fingerprint density at radius 3 is 2.33 bits per heavy atom. The molecule has 2 aliphatic heterocycles. The van der Waals surface area contributed by atoms with Crippen LogP contribution in [-0.4, -0.2) is 64.6 Å². The Kier molecular flexibility index (Phi) is 10.3. The van der Waals surface area contributed by atoms with E-state index in [1.54, 1.807) is 6.07 Å².